The lowest BCUT2D eigenvalue weighted by molar-refractivity contribution is 0.118. The molecule has 0 saturated carbocycles. The van der Waals surface area contributed by atoms with Crippen LogP contribution in [0, 0.1) is 4.91 Å². The summed E-state index contributed by atoms with van der Waals surface area (Å²) in [4.78, 5) is 9.81. The van der Waals surface area contributed by atoms with Gasteiger partial charge < -0.3 is 5.11 Å². The van der Waals surface area contributed by atoms with E-state index in [4.69, 9.17) is 5.11 Å². The zero-order valence-electron chi connectivity index (χ0n) is 6.45. The second kappa shape index (κ2) is 5.17. The van der Waals surface area contributed by atoms with Crippen molar-refractivity contribution in [2.45, 2.75) is 25.9 Å². The van der Waals surface area contributed by atoms with Gasteiger partial charge >= 0.3 is 0 Å². The maximum Gasteiger partial charge on any atom is 0.0732 e. The summed E-state index contributed by atoms with van der Waals surface area (Å²) in [7, 11) is 1.55. The maximum atomic E-state index is 9.81. The molecule has 0 bridgehead atoms. The van der Waals surface area contributed by atoms with Crippen LogP contribution in [0.25, 0.3) is 0 Å². The van der Waals surface area contributed by atoms with Gasteiger partial charge in [0.05, 0.1) is 17.9 Å². The number of aliphatic hydroxyl groups excluding tert-OH is 1. The predicted molar refractivity (Wildman–Crippen MR) is 39.3 cm³/mol. The van der Waals surface area contributed by atoms with Gasteiger partial charge in [0.25, 0.3) is 0 Å². The van der Waals surface area contributed by atoms with Gasteiger partial charge in [-0.05, 0) is 6.42 Å². The molecule has 0 aromatic heterocycles. The van der Waals surface area contributed by atoms with E-state index >= 15 is 0 Å². The molecule has 0 saturated heterocycles. The molecule has 0 spiro atoms. The largest absolute Gasteiger partial charge is 0.391 e. The summed E-state index contributed by atoms with van der Waals surface area (Å²) in [6, 6.07) is 0. The molecule has 1 N–H and O–H groups in total. The van der Waals surface area contributed by atoms with Crippen LogP contribution in [0.3, 0.4) is 0 Å². The number of likely N-dealkylation sites (N-methyl/N-ethyl adjacent to an activating group) is 1. The lowest BCUT2D eigenvalue weighted by Gasteiger charge is -2.13. The van der Waals surface area contributed by atoms with Crippen molar-refractivity contribution in [3.8, 4) is 0 Å². The third-order valence-electron chi connectivity index (χ3n) is 1.24. The van der Waals surface area contributed by atoms with Crippen LogP contribution in [0.4, 0.5) is 0 Å². The van der Waals surface area contributed by atoms with Crippen molar-refractivity contribution in [3.05, 3.63) is 4.91 Å². The molecule has 0 aromatic carbocycles. The fourth-order valence-electron chi connectivity index (χ4n) is 0.763. The highest BCUT2D eigenvalue weighted by atomic mass is 16.3. The summed E-state index contributed by atoms with van der Waals surface area (Å²) in [6.45, 7) is 2.31. The average molecular weight is 146 g/mol. The summed E-state index contributed by atoms with van der Waals surface area (Å²) >= 11 is 0. The Hall–Kier alpha value is -0.640. The third-order valence-corrected chi connectivity index (χ3v) is 1.24. The number of nitrogens with zero attached hydrogens (tertiary/aromatic N) is 2. The Labute approximate surface area is 60.8 Å². The molecule has 10 heavy (non-hydrogen) atoms. The first kappa shape index (κ1) is 9.36. The molecule has 0 aliphatic rings. The minimum atomic E-state index is -0.423. The lowest BCUT2D eigenvalue weighted by atomic mass is 10.2. The molecule has 0 fully saturated rings. The van der Waals surface area contributed by atoms with Gasteiger partial charge in [0.15, 0.2) is 0 Å². The molecule has 0 aliphatic carbocycles. The number of hydrogen-bond donors (Lipinski definition) is 1. The van der Waals surface area contributed by atoms with E-state index in [9.17, 15) is 4.91 Å². The first-order chi connectivity index (χ1) is 4.70. The Morgan fingerprint density at radius 2 is 2.30 bits per heavy atom. The second-order valence-corrected chi connectivity index (χ2v) is 2.36. The summed E-state index contributed by atoms with van der Waals surface area (Å²) in [5.41, 5.74) is 0. The number of nitroso groups, excluding NO2 is 1. The van der Waals surface area contributed by atoms with Crippen molar-refractivity contribution in [1.29, 1.82) is 0 Å². The second-order valence-electron chi connectivity index (χ2n) is 2.36. The first-order valence-corrected chi connectivity index (χ1v) is 3.43. The van der Waals surface area contributed by atoms with Crippen LogP contribution in [0.1, 0.15) is 19.8 Å². The molecule has 1 unspecified atom stereocenters. The van der Waals surface area contributed by atoms with Gasteiger partial charge in [0.1, 0.15) is 0 Å². The molecule has 60 valence electrons. The molecule has 0 rings (SSSR count). The minimum absolute atomic E-state index is 0.331. The maximum absolute atomic E-state index is 9.81. The molecule has 0 aromatic rings. The highest BCUT2D eigenvalue weighted by Crippen LogP contribution is 1.97. The molecule has 4 heteroatoms. The fraction of sp³-hybridized carbons (Fsp3) is 1.00. The molecule has 0 heterocycles. The standard InChI is InChI=1S/C6H14N2O2/c1-3-4-6(9)5-8(2)7-10/h6,9H,3-5H2,1-2H3. The van der Waals surface area contributed by atoms with Crippen molar-refractivity contribution in [3.63, 3.8) is 0 Å². The fourth-order valence-corrected chi connectivity index (χ4v) is 0.763. The number of rotatable bonds is 5. The monoisotopic (exact) mass is 146 g/mol. The molecule has 0 aliphatic heterocycles. The Kier molecular flexibility index (Phi) is 4.84. The van der Waals surface area contributed by atoms with Crippen molar-refractivity contribution < 1.29 is 5.11 Å². The summed E-state index contributed by atoms with van der Waals surface area (Å²) in [5, 5.41) is 12.9. The van der Waals surface area contributed by atoms with E-state index in [-0.39, 0.29) is 0 Å². The van der Waals surface area contributed by atoms with E-state index in [1.807, 2.05) is 6.92 Å². The van der Waals surface area contributed by atoms with Gasteiger partial charge in [-0.15, -0.1) is 4.91 Å². The predicted octanol–water partition coefficient (Wildman–Crippen LogP) is 0.761. The first-order valence-electron chi connectivity index (χ1n) is 3.43. The van der Waals surface area contributed by atoms with E-state index < -0.39 is 6.10 Å². The SMILES string of the molecule is CCCC(O)CN(C)N=O. The third kappa shape index (κ3) is 4.26. The van der Waals surface area contributed by atoms with E-state index in [0.29, 0.717) is 6.54 Å². The highest BCUT2D eigenvalue weighted by Gasteiger charge is 2.04. The van der Waals surface area contributed by atoms with Crippen LogP contribution in [-0.4, -0.2) is 29.8 Å². The molecule has 1 atom stereocenters. The van der Waals surface area contributed by atoms with Gasteiger partial charge in [-0.1, -0.05) is 13.3 Å². The highest BCUT2D eigenvalue weighted by molar-refractivity contribution is 4.56. The average Bonchev–Trinajstić information content (AvgIpc) is 1.88. The van der Waals surface area contributed by atoms with Crippen molar-refractivity contribution in [1.82, 2.24) is 5.01 Å². The van der Waals surface area contributed by atoms with Crippen LogP contribution < -0.4 is 0 Å². The van der Waals surface area contributed by atoms with Gasteiger partial charge in [-0.25, -0.2) is 0 Å². The van der Waals surface area contributed by atoms with E-state index in [1.54, 1.807) is 7.05 Å². The molecule has 4 nitrogen and oxygen atoms in total. The lowest BCUT2D eigenvalue weighted by Crippen LogP contribution is -2.24. The Morgan fingerprint density at radius 1 is 1.70 bits per heavy atom. The molecule has 0 radical (unpaired) electrons. The topological polar surface area (TPSA) is 52.9 Å². The molecular weight excluding hydrogens is 132 g/mol. The van der Waals surface area contributed by atoms with Crippen LogP contribution >= 0.6 is 0 Å². The normalized spacial score (nSPS) is 12.7. The van der Waals surface area contributed by atoms with Crippen LogP contribution in [0.5, 0.6) is 0 Å². The van der Waals surface area contributed by atoms with E-state index in [2.05, 4.69) is 5.29 Å². The van der Waals surface area contributed by atoms with Crippen molar-refractivity contribution >= 4 is 0 Å². The summed E-state index contributed by atoms with van der Waals surface area (Å²) in [6.07, 6.45) is 1.22. The summed E-state index contributed by atoms with van der Waals surface area (Å²) in [5.74, 6) is 0. The van der Waals surface area contributed by atoms with E-state index in [0.717, 1.165) is 12.8 Å². The van der Waals surface area contributed by atoms with Crippen LogP contribution in [-0.2, 0) is 0 Å². The minimum Gasteiger partial charge on any atom is -0.391 e. The zero-order chi connectivity index (χ0) is 7.98. The van der Waals surface area contributed by atoms with E-state index in [1.165, 1.54) is 5.01 Å². The van der Waals surface area contributed by atoms with Crippen LogP contribution in [0.15, 0.2) is 5.29 Å². The van der Waals surface area contributed by atoms with Crippen molar-refractivity contribution in [2.75, 3.05) is 13.6 Å². The zero-order valence-corrected chi connectivity index (χ0v) is 6.45. The Morgan fingerprint density at radius 3 is 2.70 bits per heavy atom. The van der Waals surface area contributed by atoms with Gasteiger partial charge in [0.2, 0.25) is 0 Å². The molecular formula is C6H14N2O2. The van der Waals surface area contributed by atoms with Gasteiger partial charge in [-0.3, -0.25) is 5.01 Å². The number of hydrogen-bond acceptors (Lipinski definition) is 3. The quantitative estimate of drug-likeness (QED) is 0.460. The number of aliphatic hydroxyl groups is 1. The molecule has 0 amide bonds. The Bertz CT molecular complexity index is 97.7. The smallest absolute Gasteiger partial charge is 0.0732 e. The Balaban J connectivity index is 3.36. The van der Waals surface area contributed by atoms with Gasteiger partial charge in [-0.2, -0.15) is 0 Å². The van der Waals surface area contributed by atoms with Gasteiger partial charge in [0, 0.05) is 7.05 Å². The van der Waals surface area contributed by atoms with Crippen LogP contribution in [0.2, 0.25) is 0 Å². The summed E-state index contributed by atoms with van der Waals surface area (Å²) < 4.78 is 0. The van der Waals surface area contributed by atoms with Crippen molar-refractivity contribution in [2.24, 2.45) is 5.29 Å².